The molecule has 0 unspecified atom stereocenters. The molecule has 2 rings (SSSR count). The summed E-state index contributed by atoms with van der Waals surface area (Å²) >= 11 is 0. The molecule has 0 radical (unpaired) electrons. The van der Waals surface area contributed by atoms with Crippen molar-refractivity contribution in [2.45, 2.75) is 13.8 Å². The molecule has 1 N–H and O–H groups in total. The summed E-state index contributed by atoms with van der Waals surface area (Å²) in [5.74, 6) is 1.02. The predicted octanol–water partition coefficient (Wildman–Crippen LogP) is 4.24. The fourth-order valence-electron chi connectivity index (χ4n) is 2.53. The zero-order valence-corrected chi connectivity index (χ0v) is 15.7. The van der Waals surface area contributed by atoms with Crippen LogP contribution in [-0.2, 0) is 0 Å². The number of methoxy groups -OCH3 is 2. The Labute approximate surface area is 157 Å². The van der Waals surface area contributed by atoms with E-state index in [0.717, 1.165) is 0 Å². The van der Waals surface area contributed by atoms with Gasteiger partial charge in [-0.2, -0.15) is 0 Å². The second kappa shape index (κ2) is 9.29. The van der Waals surface area contributed by atoms with Crippen LogP contribution in [-0.4, -0.2) is 33.3 Å². The Balaban J connectivity index is 2.45. The van der Waals surface area contributed by atoms with Gasteiger partial charge in [0, 0.05) is 6.07 Å². The van der Waals surface area contributed by atoms with E-state index in [0.29, 0.717) is 47.5 Å². The molecule has 0 aliphatic carbocycles. The first-order chi connectivity index (χ1) is 13.1. The Morgan fingerprint density at radius 3 is 2.33 bits per heavy atom. The molecule has 1 amide bonds. The summed E-state index contributed by atoms with van der Waals surface area (Å²) in [6, 6.07) is 8.06. The largest absolute Gasteiger partial charge is 0.493 e. The Morgan fingerprint density at radius 2 is 1.74 bits per heavy atom. The maximum absolute atomic E-state index is 12.8. The molecule has 0 aliphatic heterocycles. The summed E-state index contributed by atoms with van der Waals surface area (Å²) in [5, 5.41) is 12.0. The number of hydrogen-bond acceptors (Lipinski definition) is 6. The first kappa shape index (κ1) is 19.8. The summed E-state index contributed by atoms with van der Waals surface area (Å²) in [4.78, 5) is 16.0. The average Bonchev–Trinajstić information content (AvgIpc) is 2.69. The Hall–Kier alpha value is -3.47. The van der Waals surface area contributed by atoms with E-state index in [1.807, 2.05) is 6.92 Å². The van der Waals surface area contributed by atoms with Crippen LogP contribution in [0.5, 0.6) is 23.0 Å². The number of nitrogens with zero attached hydrogens (tertiary/aromatic N) is 2. The number of nitrogens with one attached hydrogen (secondary N) is 1. The Morgan fingerprint density at radius 1 is 1.04 bits per heavy atom. The van der Waals surface area contributed by atoms with Crippen molar-refractivity contribution in [1.29, 1.82) is 5.39 Å². The highest BCUT2D eigenvalue weighted by Gasteiger charge is 2.23. The topological polar surface area (TPSA) is 94.2 Å². The number of diazo groups is 1. The standard InChI is InChI=1S/C19H21N3O5/c1-5-26-16-11-14(22-20)17(27-6-2)10-13(16)21-19(23)12-8-7-9-15(24-3)18(12)25-4/h7-11H,5-6H2,1-4H3/p+1. The molecule has 8 heteroatoms. The van der Waals surface area contributed by atoms with Gasteiger partial charge in [-0.25, -0.2) is 0 Å². The molecule has 0 saturated heterocycles. The van der Waals surface area contributed by atoms with Crippen molar-refractivity contribution in [3.63, 3.8) is 0 Å². The van der Waals surface area contributed by atoms with Crippen molar-refractivity contribution in [2.24, 2.45) is 0 Å². The molecule has 8 nitrogen and oxygen atoms in total. The van der Waals surface area contributed by atoms with Crippen molar-refractivity contribution in [2.75, 3.05) is 32.8 Å². The molecule has 0 aliphatic rings. The van der Waals surface area contributed by atoms with Gasteiger partial charge in [-0.15, -0.1) is 0 Å². The fraction of sp³-hybridized carbons (Fsp3) is 0.316. The molecule has 2 aromatic rings. The quantitative estimate of drug-likeness (QED) is 0.697. The molecule has 0 atom stereocenters. The van der Waals surface area contributed by atoms with E-state index < -0.39 is 5.91 Å². The van der Waals surface area contributed by atoms with Gasteiger partial charge in [0.1, 0.15) is 0 Å². The molecule has 2 aromatic carbocycles. The van der Waals surface area contributed by atoms with Crippen molar-refractivity contribution in [3.05, 3.63) is 40.9 Å². The minimum atomic E-state index is -0.414. The third-order valence-corrected chi connectivity index (χ3v) is 3.66. The number of para-hydroxylation sites is 1. The molecule has 142 valence electrons. The van der Waals surface area contributed by atoms with Gasteiger partial charge in [0.25, 0.3) is 5.91 Å². The van der Waals surface area contributed by atoms with Crippen LogP contribution in [0, 0.1) is 5.39 Å². The zero-order chi connectivity index (χ0) is 19.8. The van der Waals surface area contributed by atoms with Crippen LogP contribution < -0.4 is 24.3 Å². The number of amides is 1. The van der Waals surface area contributed by atoms with Crippen LogP contribution in [0.1, 0.15) is 24.2 Å². The van der Waals surface area contributed by atoms with E-state index in [1.54, 1.807) is 31.2 Å². The van der Waals surface area contributed by atoms with Crippen LogP contribution in [0.4, 0.5) is 11.4 Å². The van der Waals surface area contributed by atoms with Crippen molar-refractivity contribution < 1.29 is 23.7 Å². The van der Waals surface area contributed by atoms with Gasteiger partial charge >= 0.3 is 5.69 Å². The molecule has 0 spiro atoms. The number of ether oxygens (including phenoxy) is 4. The maximum Gasteiger partial charge on any atom is 0.430 e. The smallest absolute Gasteiger partial charge is 0.430 e. The third-order valence-electron chi connectivity index (χ3n) is 3.66. The lowest BCUT2D eigenvalue weighted by atomic mass is 10.1. The first-order valence-electron chi connectivity index (χ1n) is 8.40. The van der Waals surface area contributed by atoms with E-state index in [1.165, 1.54) is 20.3 Å². The van der Waals surface area contributed by atoms with Gasteiger partial charge < -0.3 is 24.3 Å². The van der Waals surface area contributed by atoms with Gasteiger partial charge in [-0.3, -0.25) is 4.79 Å². The van der Waals surface area contributed by atoms with E-state index >= 15 is 0 Å². The monoisotopic (exact) mass is 372 g/mol. The van der Waals surface area contributed by atoms with E-state index in [2.05, 4.69) is 10.3 Å². The molecule has 27 heavy (non-hydrogen) atoms. The maximum atomic E-state index is 12.8. The Kier molecular flexibility index (Phi) is 6.83. The van der Waals surface area contributed by atoms with Crippen molar-refractivity contribution >= 4 is 17.3 Å². The lowest BCUT2D eigenvalue weighted by Crippen LogP contribution is -2.14. The average molecular weight is 372 g/mol. The normalized spacial score (nSPS) is 9.89. The zero-order valence-electron chi connectivity index (χ0n) is 15.7. The number of carbonyl (C=O) groups is 1. The highest BCUT2D eigenvalue weighted by atomic mass is 16.5. The fourth-order valence-corrected chi connectivity index (χ4v) is 2.53. The minimum Gasteiger partial charge on any atom is -0.493 e. The summed E-state index contributed by atoms with van der Waals surface area (Å²) in [6.07, 6.45) is 0. The molecule has 0 bridgehead atoms. The van der Waals surface area contributed by atoms with E-state index in [9.17, 15) is 10.2 Å². The highest BCUT2D eigenvalue weighted by Crippen LogP contribution is 2.39. The van der Waals surface area contributed by atoms with Crippen LogP contribution in [0.15, 0.2) is 30.3 Å². The summed E-state index contributed by atoms with van der Waals surface area (Å²) in [7, 11) is 2.96. The second-order valence-corrected chi connectivity index (χ2v) is 5.28. The Bertz CT molecular complexity index is 861. The van der Waals surface area contributed by atoms with Crippen LogP contribution in [0.25, 0.3) is 4.98 Å². The molecular formula is C19H22N3O5+. The number of carbonyl (C=O) groups excluding carboxylic acids is 1. The molecule has 0 aromatic heterocycles. The summed E-state index contributed by atoms with van der Waals surface area (Å²) in [6.45, 7) is 4.34. The first-order valence-corrected chi connectivity index (χ1v) is 8.40. The van der Waals surface area contributed by atoms with Crippen molar-refractivity contribution in [3.8, 4) is 23.0 Å². The SMILES string of the molecule is CCOc1cc(NC(=O)c2cccc(OC)c2OC)c(OCC)cc1[N+]#N. The minimum absolute atomic E-state index is 0.206. The summed E-state index contributed by atoms with van der Waals surface area (Å²) < 4.78 is 21.6. The third kappa shape index (κ3) is 4.39. The van der Waals surface area contributed by atoms with Gasteiger partial charge in [0.05, 0.1) is 44.8 Å². The number of rotatable bonds is 8. The number of hydrogen-bond donors (Lipinski definition) is 1. The molecule has 0 heterocycles. The number of anilines is 1. The van der Waals surface area contributed by atoms with Crippen LogP contribution in [0.3, 0.4) is 0 Å². The van der Waals surface area contributed by atoms with Gasteiger partial charge in [0.2, 0.25) is 11.1 Å². The van der Waals surface area contributed by atoms with E-state index in [-0.39, 0.29) is 5.69 Å². The molecule has 0 saturated carbocycles. The molecular weight excluding hydrogens is 350 g/mol. The summed E-state index contributed by atoms with van der Waals surface area (Å²) in [5.41, 5.74) is 0.882. The van der Waals surface area contributed by atoms with E-state index in [4.69, 9.17) is 18.9 Å². The lowest BCUT2D eigenvalue weighted by Gasteiger charge is -2.15. The number of benzene rings is 2. The van der Waals surface area contributed by atoms with Crippen molar-refractivity contribution in [1.82, 2.24) is 0 Å². The van der Waals surface area contributed by atoms with Crippen LogP contribution >= 0.6 is 0 Å². The second-order valence-electron chi connectivity index (χ2n) is 5.28. The predicted molar refractivity (Wildman–Crippen MR) is 101 cm³/mol. The molecule has 0 fully saturated rings. The lowest BCUT2D eigenvalue weighted by molar-refractivity contribution is 0.102. The van der Waals surface area contributed by atoms with Gasteiger partial charge in [-0.05, 0) is 26.0 Å². The van der Waals surface area contributed by atoms with Gasteiger partial charge in [0.15, 0.2) is 22.2 Å². The highest BCUT2D eigenvalue weighted by molar-refractivity contribution is 6.07. The van der Waals surface area contributed by atoms with Gasteiger partial charge in [-0.1, -0.05) is 6.07 Å². The van der Waals surface area contributed by atoms with Crippen LogP contribution in [0.2, 0.25) is 0 Å².